The largest absolute Gasteiger partial charge is 0.454 e. The third kappa shape index (κ3) is 3.87. The Hall–Kier alpha value is -5.93. The van der Waals surface area contributed by atoms with E-state index < -0.39 is 0 Å². The van der Waals surface area contributed by atoms with Crippen LogP contribution in [0, 0.1) is 0 Å². The van der Waals surface area contributed by atoms with Crippen LogP contribution in [-0.2, 0) is 0 Å². The molecule has 0 amide bonds. The number of anilines is 3. The molecule has 0 aliphatic heterocycles. The first-order valence-corrected chi connectivity index (χ1v) is 14.9. The van der Waals surface area contributed by atoms with Crippen LogP contribution < -0.4 is 4.90 Å². The van der Waals surface area contributed by atoms with Crippen LogP contribution in [0.2, 0.25) is 0 Å². The maximum Gasteiger partial charge on any atom is 0.153 e. The fourth-order valence-corrected chi connectivity index (χ4v) is 6.62. The van der Waals surface area contributed by atoms with Gasteiger partial charge in [0.05, 0.1) is 11.1 Å². The Balaban J connectivity index is 1.33. The second-order valence-electron chi connectivity index (χ2n) is 11.2. The van der Waals surface area contributed by atoms with Crippen molar-refractivity contribution in [2.45, 2.75) is 0 Å². The topological polar surface area (TPSA) is 29.3 Å². The zero-order valence-corrected chi connectivity index (χ0v) is 23.8. The molecule has 0 radical (unpaired) electrons. The van der Waals surface area contributed by atoms with E-state index in [1.54, 1.807) is 0 Å². The van der Waals surface area contributed by atoms with Crippen molar-refractivity contribution >= 4 is 71.4 Å². The molecule has 0 bridgehead atoms. The number of benzene rings is 7. The summed E-state index contributed by atoms with van der Waals surface area (Å²) in [6.45, 7) is 0. The summed E-state index contributed by atoms with van der Waals surface area (Å²) in [6, 6.07) is 53.8. The number of hydrogen-bond acceptors (Lipinski definition) is 3. The molecule has 0 aliphatic rings. The van der Waals surface area contributed by atoms with Crippen LogP contribution in [0.4, 0.5) is 17.1 Å². The highest BCUT2D eigenvalue weighted by Crippen LogP contribution is 2.44. The molecule has 0 fully saturated rings. The van der Waals surface area contributed by atoms with Crippen molar-refractivity contribution in [2.75, 3.05) is 4.90 Å². The maximum atomic E-state index is 6.28. The summed E-state index contributed by atoms with van der Waals surface area (Å²) < 4.78 is 6.28. The van der Waals surface area contributed by atoms with E-state index in [9.17, 15) is 0 Å². The van der Waals surface area contributed by atoms with E-state index in [4.69, 9.17) is 9.40 Å². The zero-order valence-electron chi connectivity index (χ0n) is 23.8. The van der Waals surface area contributed by atoms with Crippen molar-refractivity contribution in [1.29, 1.82) is 0 Å². The fraction of sp³-hybridized carbons (Fsp3) is 0. The van der Waals surface area contributed by atoms with Gasteiger partial charge in [-0.25, -0.2) is 0 Å². The molecule has 0 saturated carbocycles. The molecule has 3 heteroatoms. The molecule has 2 aromatic heterocycles. The Kier molecular flexibility index (Phi) is 5.50. The highest BCUT2D eigenvalue weighted by atomic mass is 16.3. The Morgan fingerprint density at radius 2 is 1.14 bits per heavy atom. The molecule has 2 heterocycles. The van der Waals surface area contributed by atoms with E-state index >= 15 is 0 Å². The number of nitrogens with zero attached hydrogens (tertiary/aromatic N) is 2. The molecule has 7 aromatic carbocycles. The van der Waals surface area contributed by atoms with Gasteiger partial charge in [0.2, 0.25) is 0 Å². The number of aromatic nitrogens is 1. The van der Waals surface area contributed by atoms with Crippen LogP contribution in [0.25, 0.3) is 65.5 Å². The molecule has 206 valence electrons. The average molecular weight is 563 g/mol. The molecular weight excluding hydrogens is 536 g/mol. The van der Waals surface area contributed by atoms with Crippen molar-refractivity contribution in [1.82, 2.24) is 4.98 Å². The fourth-order valence-electron chi connectivity index (χ4n) is 6.62. The highest BCUT2D eigenvalue weighted by molar-refractivity contribution is 6.21. The lowest BCUT2D eigenvalue weighted by Gasteiger charge is -2.27. The number of hydrogen-bond donors (Lipinski definition) is 0. The van der Waals surface area contributed by atoms with E-state index in [0.29, 0.717) is 0 Å². The average Bonchev–Trinajstić information content (AvgIpc) is 3.48. The summed E-state index contributed by atoms with van der Waals surface area (Å²) in [5, 5.41) is 8.45. The SMILES string of the molecule is c1ccc(-c2ccc(N(c3ccc4ccc5ccc6ccccc6c5c4c3)c3cccc4oc5cccnc5c34)cc2)cc1. The van der Waals surface area contributed by atoms with E-state index in [2.05, 4.69) is 138 Å². The van der Waals surface area contributed by atoms with Crippen LogP contribution in [0.3, 0.4) is 0 Å². The summed E-state index contributed by atoms with van der Waals surface area (Å²) >= 11 is 0. The van der Waals surface area contributed by atoms with Crippen molar-refractivity contribution < 1.29 is 4.42 Å². The van der Waals surface area contributed by atoms with E-state index in [-0.39, 0.29) is 0 Å². The maximum absolute atomic E-state index is 6.28. The lowest BCUT2D eigenvalue weighted by atomic mass is 9.96. The van der Waals surface area contributed by atoms with E-state index in [0.717, 1.165) is 39.1 Å². The zero-order chi connectivity index (χ0) is 29.0. The third-order valence-electron chi connectivity index (χ3n) is 8.67. The van der Waals surface area contributed by atoms with Gasteiger partial charge in [0.15, 0.2) is 5.58 Å². The summed E-state index contributed by atoms with van der Waals surface area (Å²) in [4.78, 5) is 7.10. The van der Waals surface area contributed by atoms with Gasteiger partial charge in [-0.1, -0.05) is 103 Å². The van der Waals surface area contributed by atoms with Gasteiger partial charge in [0.1, 0.15) is 11.1 Å². The van der Waals surface area contributed by atoms with E-state index in [1.165, 1.54) is 43.4 Å². The molecule has 9 aromatic rings. The van der Waals surface area contributed by atoms with Crippen molar-refractivity contribution in [3.05, 3.63) is 158 Å². The van der Waals surface area contributed by atoms with Gasteiger partial charge in [-0.2, -0.15) is 0 Å². The Morgan fingerprint density at radius 1 is 0.455 bits per heavy atom. The smallest absolute Gasteiger partial charge is 0.153 e. The van der Waals surface area contributed by atoms with E-state index in [1.807, 2.05) is 24.4 Å². The highest BCUT2D eigenvalue weighted by Gasteiger charge is 2.20. The molecule has 0 unspecified atom stereocenters. The van der Waals surface area contributed by atoms with Gasteiger partial charge >= 0.3 is 0 Å². The Labute approximate surface area is 254 Å². The molecule has 3 nitrogen and oxygen atoms in total. The Morgan fingerprint density at radius 3 is 2.00 bits per heavy atom. The summed E-state index contributed by atoms with van der Waals surface area (Å²) in [7, 11) is 0. The second-order valence-corrected chi connectivity index (χ2v) is 11.2. The summed E-state index contributed by atoms with van der Waals surface area (Å²) in [5.74, 6) is 0. The number of fused-ring (bicyclic) bond motifs is 8. The standard InChI is InChI=1S/C41H26N2O/c1-2-8-27(9-3-1)28-19-22-32(23-20-28)43(36-12-6-13-37-40(36)41-38(44-37)14-7-25-42-41)33-24-21-30-16-18-31-17-15-29-10-4-5-11-34(29)39(31)35(30)26-33/h1-26H. The van der Waals surface area contributed by atoms with Gasteiger partial charge in [0, 0.05) is 17.6 Å². The molecule has 44 heavy (non-hydrogen) atoms. The molecular formula is C41H26N2O. The lowest BCUT2D eigenvalue weighted by Crippen LogP contribution is -2.10. The minimum absolute atomic E-state index is 0.783. The summed E-state index contributed by atoms with van der Waals surface area (Å²) in [6.07, 6.45) is 1.83. The first kappa shape index (κ1) is 24.6. The van der Waals surface area contributed by atoms with Crippen LogP contribution in [0.15, 0.2) is 162 Å². The molecule has 0 N–H and O–H groups in total. The number of rotatable bonds is 4. The quantitative estimate of drug-likeness (QED) is 0.200. The third-order valence-corrected chi connectivity index (χ3v) is 8.67. The lowest BCUT2D eigenvalue weighted by molar-refractivity contribution is 0.668. The number of furan rings is 1. The predicted molar refractivity (Wildman–Crippen MR) is 184 cm³/mol. The molecule has 9 rings (SSSR count). The van der Waals surface area contributed by atoms with Crippen LogP contribution >= 0.6 is 0 Å². The first-order chi connectivity index (χ1) is 21.8. The van der Waals surface area contributed by atoms with Gasteiger partial charge < -0.3 is 9.32 Å². The second kappa shape index (κ2) is 9.82. The van der Waals surface area contributed by atoms with Gasteiger partial charge in [0.25, 0.3) is 0 Å². The minimum Gasteiger partial charge on any atom is -0.454 e. The molecule has 0 spiro atoms. The first-order valence-electron chi connectivity index (χ1n) is 14.9. The van der Waals surface area contributed by atoms with Gasteiger partial charge in [-0.15, -0.1) is 0 Å². The van der Waals surface area contributed by atoms with Crippen molar-refractivity contribution in [3.63, 3.8) is 0 Å². The monoisotopic (exact) mass is 562 g/mol. The van der Waals surface area contributed by atoms with Gasteiger partial charge in [-0.3, -0.25) is 4.98 Å². The predicted octanol–water partition coefficient (Wildman–Crippen LogP) is 11.6. The molecule has 0 aliphatic carbocycles. The normalized spacial score (nSPS) is 11.6. The van der Waals surface area contributed by atoms with Crippen molar-refractivity contribution in [2.24, 2.45) is 0 Å². The minimum atomic E-state index is 0.783. The van der Waals surface area contributed by atoms with Crippen molar-refractivity contribution in [3.8, 4) is 11.1 Å². The number of pyridine rings is 1. The van der Waals surface area contributed by atoms with Crippen LogP contribution in [0.5, 0.6) is 0 Å². The van der Waals surface area contributed by atoms with Crippen LogP contribution in [0.1, 0.15) is 0 Å². The molecule has 0 saturated heterocycles. The summed E-state index contributed by atoms with van der Waals surface area (Å²) in [5.41, 5.74) is 8.00. The Bertz CT molecular complexity index is 2490. The van der Waals surface area contributed by atoms with Gasteiger partial charge in [-0.05, 0) is 92.0 Å². The molecule has 0 atom stereocenters. The van der Waals surface area contributed by atoms with Crippen LogP contribution in [-0.4, -0.2) is 4.98 Å².